The highest BCUT2D eigenvalue weighted by molar-refractivity contribution is 8.00. The predicted octanol–water partition coefficient (Wildman–Crippen LogP) is 4.52. The molecular weight excluding hydrogens is 422 g/mol. The van der Waals surface area contributed by atoms with Crippen LogP contribution in [0.5, 0.6) is 11.5 Å². The summed E-state index contributed by atoms with van der Waals surface area (Å²) in [5.41, 5.74) is 2.34. The molecule has 2 aromatic carbocycles. The van der Waals surface area contributed by atoms with E-state index in [1.807, 2.05) is 35.7 Å². The van der Waals surface area contributed by atoms with Gasteiger partial charge in [0.05, 0.1) is 25.7 Å². The number of nitrogens with zero attached hydrogens (tertiary/aromatic N) is 1. The molecule has 7 nitrogen and oxygen atoms in total. The molecule has 0 radical (unpaired) electrons. The summed E-state index contributed by atoms with van der Waals surface area (Å²) in [7, 11) is 3.17. The van der Waals surface area contributed by atoms with Crippen LogP contribution in [-0.4, -0.2) is 36.8 Å². The molecule has 30 heavy (non-hydrogen) atoms. The van der Waals surface area contributed by atoms with Crippen LogP contribution < -0.4 is 20.1 Å². The number of thioether (sulfide) groups is 1. The summed E-state index contributed by atoms with van der Waals surface area (Å²) < 4.78 is 10.6. The molecule has 0 fully saturated rings. The van der Waals surface area contributed by atoms with E-state index in [1.54, 1.807) is 26.4 Å². The second-order valence-corrected chi connectivity index (χ2v) is 8.06. The van der Waals surface area contributed by atoms with Crippen LogP contribution in [0.2, 0.25) is 0 Å². The average molecular weight is 444 g/mol. The molecule has 0 aliphatic carbocycles. The Balaban J connectivity index is 1.56. The molecule has 3 rings (SSSR count). The number of rotatable bonds is 8. The average Bonchev–Trinajstić information content (AvgIpc) is 3.20. The van der Waals surface area contributed by atoms with Crippen molar-refractivity contribution in [2.45, 2.75) is 11.8 Å². The van der Waals surface area contributed by atoms with Crippen molar-refractivity contribution in [1.29, 1.82) is 0 Å². The summed E-state index contributed by atoms with van der Waals surface area (Å²) in [6.45, 7) is 1.46. The van der Waals surface area contributed by atoms with E-state index >= 15 is 0 Å². The normalized spacial score (nSPS) is 10.4. The van der Waals surface area contributed by atoms with Gasteiger partial charge in [-0.05, 0) is 42.5 Å². The summed E-state index contributed by atoms with van der Waals surface area (Å²) >= 11 is 2.77. The molecule has 0 aliphatic rings. The Hall–Kier alpha value is -3.04. The van der Waals surface area contributed by atoms with E-state index in [-0.39, 0.29) is 17.6 Å². The first kappa shape index (κ1) is 21.7. The van der Waals surface area contributed by atoms with Gasteiger partial charge >= 0.3 is 0 Å². The lowest BCUT2D eigenvalue weighted by Crippen LogP contribution is -2.13. The second-order valence-electron chi connectivity index (χ2n) is 6.15. The molecule has 3 aromatic rings. The van der Waals surface area contributed by atoms with Crippen molar-refractivity contribution >= 4 is 45.7 Å². The minimum Gasteiger partial charge on any atom is -0.493 e. The van der Waals surface area contributed by atoms with Crippen molar-refractivity contribution in [1.82, 2.24) is 4.98 Å². The summed E-state index contributed by atoms with van der Waals surface area (Å²) in [6.07, 6.45) is 0. The fourth-order valence-electron chi connectivity index (χ4n) is 2.60. The zero-order valence-corrected chi connectivity index (χ0v) is 18.4. The molecule has 0 saturated carbocycles. The highest BCUT2D eigenvalue weighted by Crippen LogP contribution is 2.33. The first-order chi connectivity index (χ1) is 14.5. The first-order valence-electron chi connectivity index (χ1n) is 8.96. The van der Waals surface area contributed by atoms with Gasteiger partial charge in [-0.3, -0.25) is 9.59 Å². The van der Waals surface area contributed by atoms with Gasteiger partial charge in [0.15, 0.2) is 16.6 Å². The van der Waals surface area contributed by atoms with Gasteiger partial charge in [-0.25, -0.2) is 4.98 Å². The molecule has 0 aliphatic heterocycles. The SMILES string of the molecule is COc1ccc(-c2csc(NC(=O)CSc3ccc(NC(C)=O)cc3)n2)cc1OC. The van der Waals surface area contributed by atoms with Crippen molar-refractivity contribution in [2.24, 2.45) is 0 Å². The Kier molecular flexibility index (Phi) is 7.31. The third-order valence-corrected chi connectivity index (χ3v) is 5.74. The second kappa shape index (κ2) is 10.1. The molecule has 1 aromatic heterocycles. The lowest BCUT2D eigenvalue weighted by molar-refractivity contribution is -0.114. The topological polar surface area (TPSA) is 89.6 Å². The van der Waals surface area contributed by atoms with Crippen molar-refractivity contribution < 1.29 is 19.1 Å². The quantitative estimate of drug-likeness (QED) is 0.498. The highest BCUT2D eigenvalue weighted by Gasteiger charge is 2.11. The predicted molar refractivity (Wildman–Crippen MR) is 121 cm³/mol. The molecule has 156 valence electrons. The summed E-state index contributed by atoms with van der Waals surface area (Å²) in [6, 6.07) is 12.9. The zero-order chi connectivity index (χ0) is 21.5. The highest BCUT2D eigenvalue weighted by atomic mass is 32.2. The summed E-state index contributed by atoms with van der Waals surface area (Å²) in [5, 5.41) is 7.95. The fourth-order valence-corrected chi connectivity index (χ4v) is 4.04. The molecule has 0 bridgehead atoms. The van der Waals surface area contributed by atoms with Gasteiger partial charge < -0.3 is 20.1 Å². The summed E-state index contributed by atoms with van der Waals surface area (Å²) in [5.74, 6) is 1.26. The standard InChI is InChI=1S/C21H21N3O4S2/c1-13(25)22-15-5-7-16(8-6-15)29-12-20(26)24-21-23-17(11-30-21)14-4-9-18(27-2)19(10-14)28-3/h4-11H,12H2,1-3H3,(H,22,25)(H,23,24,26). The monoisotopic (exact) mass is 443 g/mol. The van der Waals surface area contributed by atoms with Gasteiger partial charge in [-0.1, -0.05) is 0 Å². The van der Waals surface area contributed by atoms with Crippen LogP contribution in [0.3, 0.4) is 0 Å². The molecule has 0 spiro atoms. The third kappa shape index (κ3) is 5.74. The lowest BCUT2D eigenvalue weighted by Gasteiger charge is -2.08. The number of carbonyl (C=O) groups excluding carboxylic acids is 2. The fraction of sp³-hybridized carbons (Fsp3) is 0.190. The van der Waals surface area contributed by atoms with E-state index in [0.717, 1.165) is 21.8 Å². The molecule has 2 amide bonds. The van der Waals surface area contributed by atoms with Crippen molar-refractivity contribution in [3.63, 3.8) is 0 Å². The van der Waals surface area contributed by atoms with Gasteiger partial charge in [0, 0.05) is 28.5 Å². The Labute approximate surface area is 182 Å². The number of thiazole rings is 1. The maximum Gasteiger partial charge on any atom is 0.236 e. The number of anilines is 2. The van der Waals surface area contributed by atoms with E-state index in [1.165, 1.54) is 30.0 Å². The van der Waals surface area contributed by atoms with E-state index in [0.29, 0.717) is 16.6 Å². The van der Waals surface area contributed by atoms with Gasteiger partial charge in [-0.2, -0.15) is 0 Å². The van der Waals surface area contributed by atoms with E-state index < -0.39 is 0 Å². The number of hydrogen-bond acceptors (Lipinski definition) is 7. The van der Waals surface area contributed by atoms with Crippen molar-refractivity contribution in [3.05, 3.63) is 47.8 Å². The largest absolute Gasteiger partial charge is 0.493 e. The van der Waals surface area contributed by atoms with Crippen LogP contribution in [-0.2, 0) is 9.59 Å². The number of benzene rings is 2. The smallest absolute Gasteiger partial charge is 0.236 e. The van der Waals surface area contributed by atoms with Crippen LogP contribution >= 0.6 is 23.1 Å². The molecule has 2 N–H and O–H groups in total. The maximum absolute atomic E-state index is 12.3. The number of ether oxygens (including phenoxy) is 2. The minimum absolute atomic E-state index is 0.120. The van der Waals surface area contributed by atoms with Gasteiger partial charge in [0.25, 0.3) is 0 Å². The van der Waals surface area contributed by atoms with Crippen LogP contribution in [0.15, 0.2) is 52.7 Å². The molecule has 0 saturated heterocycles. The Bertz CT molecular complexity index is 1030. The van der Waals surface area contributed by atoms with E-state index in [9.17, 15) is 9.59 Å². The molecular formula is C21H21N3O4S2. The van der Waals surface area contributed by atoms with Gasteiger partial charge in [-0.15, -0.1) is 23.1 Å². The number of methoxy groups -OCH3 is 2. The maximum atomic E-state index is 12.3. The Morgan fingerprint density at radius 3 is 2.43 bits per heavy atom. The number of aromatic nitrogens is 1. The zero-order valence-electron chi connectivity index (χ0n) is 16.7. The number of hydrogen-bond donors (Lipinski definition) is 2. The molecule has 0 unspecified atom stereocenters. The molecule has 0 atom stereocenters. The molecule has 9 heteroatoms. The van der Waals surface area contributed by atoms with Crippen molar-refractivity contribution in [3.8, 4) is 22.8 Å². The first-order valence-corrected chi connectivity index (χ1v) is 10.8. The van der Waals surface area contributed by atoms with Crippen LogP contribution in [0.1, 0.15) is 6.92 Å². The summed E-state index contributed by atoms with van der Waals surface area (Å²) in [4.78, 5) is 28.7. The molecule has 1 heterocycles. The van der Waals surface area contributed by atoms with Gasteiger partial charge in [0.1, 0.15) is 0 Å². The van der Waals surface area contributed by atoms with Crippen LogP contribution in [0.25, 0.3) is 11.3 Å². The number of carbonyl (C=O) groups is 2. The van der Waals surface area contributed by atoms with Gasteiger partial charge in [0.2, 0.25) is 11.8 Å². The van der Waals surface area contributed by atoms with Crippen molar-refractivity contribution in [2.75, 3.05) is 30.6 Å². The van der Waals surface area contributed by atoms with Crippen LogP contribution in [0, 0.1) is 0 Å². The van der Waals surface area contributed by atoms with E-state index in [2.05, 4.69) is 15.6 Å². The Morgan fingerprint density at radius 1 is 1.03 bits per heavy atom. The van der Waals surface area contributed by atoms with E-state index in [4.69, 9.17) is 9.47 Å². The third-order valence-electron chi connectivity index (χ3n) is 3.97. The number of amides is 2. The number of nitrogens with one attached hydrogen (secondary N) is 2. The minimum atomic E-state index is -0.140. The lowest BCUT2D eigenvalue weighted by atomic mass is 10.1. The van der Waals surface area contributed by atoms with Crippen LogP contribution in [0.4, 0.5) is 10.8 Å². The Morgan fingerprint density at radius 2 is 1.77 bits per heavy atom.